The standard InChI is InChI=1S/C11H14N6O4/c1-4-5-7-8(17(19)20)10(15(2)13-7)16-6-12-9(14-16)11(18)21-3/h6H,4-5H2,1-3H3. The first-order valence-corrected chi connectivity index (χ1v) is 6.20. The number of nitro groups is 1. The van der Waals surface area contributed by atoms with Gasteiger partial charge >= 0.3 is 11.7 Å². The van der Waals surface area contributed by atoms with Crippen molar-refractivity contribution in [1.82, 2.24) is 24.5 Å². The Morgan fingerprint density at radius 1 is 1.48 bits per heavy atom. The molecule has 0 unspecified atom stereocenters. The first-order valence-electron chi connectivity index (χ1n) is 6.20. The fourth-order valence-corrected chi connectivity index (χ4v) is 1.96. The minimum absolute atomic E-state index is 0.138. The number of esters is 1. The monoisotopic (exact) mass is 294 g/mol. The van der Waals surface area contributed by atoms with Crippen LogP contribution in [-0.4, -0.2) is 42.5 Å². The van der Waals surface area contributed by atoms with Gasteiger partial charge in [0.1, 0.15) is 12.0 Å². The van der Waals surface area contributed by atoms with Crippen LogP contribution in [0.5, 0.6) is 0 Å². The molecule has 2 heterocycles. The van der Waals surface area contributed by atoms with Gasteiger partial charge in [-0.25, -0.2) is 14.5 Å². The van der Waals surface area contributed by atoms with Crippen LogP contribution in [0.1, 0.15) is 29.7 Å². The van der Waals surface area contributed by atoms with E-state index in [9.17, 15) is 14.9 Å². The largest absolute Gasteiger partial charge is 0.463 e. The third kappa shape index (κ3) is 2.59. The fraction of sp³-hybridized carbons (Fsp3) is 0.455. The van der Waals surface area contributed by atoms with Crippen LogP contribution in [0.2, 0.25) is 0 Å². The molecule has 0 radical (unpaired) electrons. The molecule has 0 amide bonds. The lowest BCUT2D eigenvalue weighted by Gasteiger charge is -1.99. The zero-order chi connectivity index (χ0) is 15.6. The molecule has 0 aliphatic heterocycles. The van der Waals surface area contributed by atoms with Crippen molar-refractivity contribution < 1.29 is 14.5 Å². The van der Waals surface area contributed by atoms with Crippen molar-refractivity contribution >= 4 is 11.7 Å². The average Bonchev–Trinajstić information content (AvgIpc) is 3.02. The van der Waals surface area contributed by atoms with E-state index in [0.717, 1.165) is 11.1 Å². The Hall–Kier alpha value is -2.78. The summed E-state index contributed by atoms with van der Waals surface area (Å²) in [5.74, 6) is -0.747. The second-order valence-corrected chi connectivity index (χ2v) is 4.25. The van der Waals surface area contributed by atoms with E-state index >= 15 is 0 Å². The van der Waals surface area contributed by atoms with Crippen LogP contribution in [-0.2, 0) is 18.2 Å². The molecule has 0 aliphatic rings. The van der Waals surface area contributed by atoms with Gasteiger partial charge in [0.25, 0.3) is 5.82 Å². The number of ether oxygens (including phenoxy) is 1. The molecule has 21 heavy (non-hydrogen) atoms. The molecule has 10 nitrogen and oxygen atoms in total. The number of hydrogen-bond donors (Lipinski definition) is 0. The molecule has 0 saturated carbocycles. The summed E-state index contributed by atoms with van der Waals surface area (Å²) in [7, 11) is 2.77. The van der Waals surface area contributed by atoms with Gasteiger partial charge in [-0.2, -0.15) is 9.78 Å². The van der Waals surface area contributed by atoms with Crippen LogP contribution >= 0.6 is 0 Å². The van der Waals surface area contributed by atoms with Crippen molar-refractivity contribution in [2.45, 2.75) is 19.8 Å². The van der Waals surface area contributed by atoms with Gasteiger partial charge < -0.3 is 4.74 Å². The molecule has 0 N–H and O–H groups in total. The van der Waals surface area contributed by atoms with Crippen LogP contribution < -0.4 is 0 Å². The maximum absolute atomic E-state index is 11.4. The smallest absolute Gasteiger partial charge is 0.377 e. The molecule has 0 spiro atoms. The normalized spacial score (nSPS) is 10.6. The van der Waals surface area contributed by atoms with Crippen LogP contribution in [0.3, 0.4) is 0 Å². The highest BCUT2D eigenvalue weighted by atomic mass is 16.6. The molecule has 2 rings (SSSR count). The highest BCUT2D eigenvalue weighted by Crippen LogP contribution is 2.27. The predicted molar refractivity (Wildman–Crippen MR) is 70.1 cm³/mol. The Morgan fingerprint density at radius 3 is 2.76 bits per heavy atom. The molecule has 2 aromatic rings. The number of carbonyl (C=O) groups is 1. The lowest BCUT2D eigenvalue weighted by Crippen LogP contribution is -2.08. The molecule has 112 valence electrons. The maximum atomic E-state index is 11.4. The minimum Gasteiger partial charge on any atom is -0.463 e. The molecule has 0 aromatic carbocycles. The highest BCUT2D eigenvalue weighted by Gasteiger charge is 2.28. The van der Waals surface area contributed by atoms with E-state index in [2.05, 4.69) is 19.9 Å². The predicted octanol–water partition coefficient (Wildman–Crippen LogP) is 0.648. The first-order chi connectivity index (χ1) is 9.99. The molecule has 0 fully saturated rings. The number of hydrogen-bond acceptors (Lipinski definition) is 7. The Kier molecular flexibility index (Phi) is 3.96. The summed E-state index contributed by atoms with van der Waals surface area (Å²) < 4.78 is 7.00. The van der Waals surface area contributed by atoms with Gasteiger partial charge in [-0.05, 0) is 6.42 Å². The summed E-state index contributed by atoms with van der Waals surface area (Å²) >= 11 is 0. The van der Waals surface area contributed by atoms with E-state index in [1.54, 1.807) is 7.05 Å². The summed E-state index contributed by atoms with van der Waals surface area (Å²) in [5, 5.41) is 19.3. The van der Waals surface area contributed by atoms with E-state index in [0.29, 0.717) is 12.1 Å². The number of aromatic nitrogens is 5. The topological polar surface area (TPSA) is 118 Å². The van der Waals surface area contributed by atoms with Crippen LogP contribution in [0.4, 0.5) is 5.69 Å². The Balaban J connectivity index is 2.55. The minimum atomic E-state index is -0.715. The fourth-order valence-electron chi connectivity index (χ4n) is 1.96. The quantitative estimate of drug-likeness (QED) is 0.451. The summed E-state index contributed by atoms with van der Waals surface area (Å²) in [6, 6.07) is 0. The van der Waals surface area contributed by atoms with Crippen LogP contribution in [0, 0.1) is 10.1 Å². The Bertz CT molecular complexity index is 689. The van der Waals surface area contributed by atoms with Crippen molar-refractivity contribution in [3.8, 4) is 5.82 Å². The molecule has 0 atom stereocenters. The second-order valence-electron chi connectivity index (χ2n) is 4.25. The van der Waals surface area contributed by atoms with Gasteiger partial charge in [0.2, 0.25) is 5.82 Å². The Morgan fingerprint density at radius 2 is 2.19 bits per heavy atom. The number of aryl methyl sites for hydroxylation is 2. The molecular weight excluding hydrogens is 280 g/mol. The molecular formula is C11H14N6O4. The summed E-state index contributed by atoms with van der Waals surface area (Å²) in [4.78, 5) is 25.9. The third-order valence-electron chi connectivity index (χ3n) is 2.81. The second kappa shape index (κ2) is 5.69. The number of carbonyl (C=O) groups excluding carboxylic acids is 1. The van der Waals surface area contributed by atoms with Crippen molar-refractivity contribution in [3.63, 3.8) is 0 Å². The maximum Gasteiger partial charge on any atom is 0.377 e. The number of methoxy groups -OCH3 is 1. The SMILES string of the molecule is CCCc1nn(C)c(-n2cnc(C(=O)OC)n2)c1[N+](=O)[O-]. The molecule has 0 bridgehead atoms. The van der Waals surface area contributed by atoms with Gasteiger partial charge in [0.15, 0.2) is 0 Å². The average molecular weight is 294 g/mol. The molecule has 0 aliphatic carbocycles. The van der Waals surface area contributed by atoms with Crippen LogP contribution in [0.25, 0.3) is 5.82 Å². The lowest BCUT2D eigenvalue weighted by atomic mass is 10.2. The lowest BCUT2D eigenvalue weighted by molar-refractivity contribution is -0.385. The number of nitrogens with zero attached hydrogens (tertiary/aromatic N) is 6. The third-order valence-corrected chi connectivity index (χ3v) is 2.81. The zero-order valence-corrected chi connectivity index (χ0v) is 11.8. The molecule has 0 saturated heterocycles. The van der Waals surface area contributed by atoms with E-state index in [4.69, 9.17) is 0 Å². The van der Waals surface area contributed by atoms with Crippen LogP contribution in [0.15, 0.2) is 6.33 Å². The summed E-state index contributed by atoms with van der Waals surface area (Å²) in [6.07, 6.45) is 2.41. The molecule has 2 aromatic heterocycles. The van der Waals surface area contributed by atoms with Gasteiger partial charge in [0.05, 0.1) is 12.0 Å². The van der Waals surface area contributed by atoms with Gasteiger partial charge in [0, 0.05) is 7.05 Å². The Labute approximate surface area is 119 Å². The van der Waals surface area contributed by atoms with Gasteiger partial charge in [-0.3, -0.25) is 10.1 Å². The summed E-state index contributed by atoms with van der Waals surface area (Å²) in [5.41, 5.74) is 0.232. The van der Waals surface area contributed by atoms with Crippen molar-refractivity contribution in [3.05, 3.63) is 28.0 Å². The van der Waals surface area contributed by atoms with E-state index in [1.165, 1.54) is 18.1 Å². The van der Waals surface area contributed by atoms with Crippen molar-refractivity contribution in [1.29, 1.82) is 0 Å². The number of rotatable bonds is 5. The highest BCUT2D eigenvalue weighted by molar-refractivity contribution is 5.84. The van der Waals surface area contributed by atoms with E-state index < -0.39 is 10.9 Å². The first kappa shape index (κ1) is 14.6. The summed E-state index contributed by atoms with van der Waals surface area (Å²) in [6.45, 7) is 1.91. The molecule has 10 heteroatoms. The van der Waals surface area contributed by atoms with E-state index in [-0.39, 0.29) is 17.3 Å². The zero-order valence-electron chi connectivity index (χ0n) is 11.8. The van der Waals surface area contributed by atoms with Crippen molar-refractivity contribution in [2.24, 2.45) is 7.05 Å². The van der Waals surface area contributed by atoms with Gasteiger partial charge in [-0.15, -0.1) is 5.10 Å². The van der Waals surface area contributed by atoms with Crippen molar-refractivity contribution in [2.75, 3.05) is 7.11 Å². The van der Waals surface area contributed by atoms with Gasteiger partial charge in [-0.1, -0.05) is 13.3 Å². The van der Waals surface area contributed by atoms with E-state index in [1.807, 2.05) is 6.92 Å².